The van der Waals surface area contributed by atoms with Gasteiger partial charge in [0.25, 0.3) is 5.91 Å². The molecule has 2 heterocycles. The minimum absolute atomic E-state index is 0.240. The molecule has 0 unspecified atom stereocenters. The second-order valence-corrected chi connectivity index (χ2v) is 14.0. The Morgan fingerprint density at radius 3 is 2.22 bits per heavy atom. The predicted octanol–water partition coefficient (Wildman–Crippen LogP) is 5.56. The van der Waals surface area contributed by atoms with Gasteiger partial charge < -0.3 is 24.0 Å². The maximum Gasteiger partial charge on any atom is 0.534 e. The van der Waals surface area contributed by atoms with E-state index in [1.54, 1.807) is 36.9 Å². The van der Waals surface area contributed by atoms with Crippen LogP contribution in [-0.4, -0.2) is 67.6 Å². The van der Waals surface area contributed by atoms with Crippen molar-refractivity contribution < 1.29 is 40.1 Å². The van der Waals surface area contributed by atoms with Gasteiger partial charge >= 0.3 is 21.7 Å². The van der Waals surface area contributed by atoms with Gasteiger partial charge in [0.2, 0.25) is 0 Å². The van der Waals surface area contributed by atoms with Crippen LogP contribution >= 0.6 is 0 Å². The number of benzene rings is 2. The highest BCUT2D eigenvalue weighted by Crippen LogP contribution is 2.49. The molecule has 5 rings (SSSR count). The van der Waals surface area contributed by atoms with E-state index in [2.05, 4.69) is 19.4 Å². The molecule has 1 saturated carbocycles. The molecule has 0 spiro atoms. The SMILES string of the molecule is Cc1ccc2c(C3(NC(=O)c4cc(N5CCN(C(=O)OC(C)(C)C)CC5)ccc4C)CC3)cc(OS(=O)(=O)C(F)(F)F)cc2n1. The van der Waals surface area contributed by atoms with Crippen LogP contribution in [0.25, 0.3) is 10.9 Å². The van der Waals surface area contributed by atoms with Gasteiger partial charge in [-0.25, -0.2) is 4.79 Å². The number of rotatable bonds is 6. The molecule has 2 aromatic carbocycles. The number of carbonyl (C=O) groups excluding carboxylic acids is 2. The number of nitrogens with zero attached hydrogens (tertiary/aromatic N) is 3. The third-order valence-electron chi connectivity index (χ3n) is 7.79. The van der Waals surface area contributed by atoms with Crippen molar-refractivity contribution in [1.82, 2.24) is 15.2 Å². The Morgan fingerprint density at radius 1 is 0.956 bits per heavy atom. The van der Waals surface area contributed by atoms with Crippen LogP contribution in [0.5, 0.6) is 5.75 Å². The van der Waals surface area contributed by atoms with Crippen LogP contribution in [0.15, 0.2) is 42.5 Å². The minimum Gasteiger partial charge on any atom is -0.444 e. The highest BCUT2D eigenvalue weighted by molar-refractivity contribution is 7.88. The zero-order chi connectivity index (χ0) is 32.9. The summed E-state index contributed by atoms with van der Waals surface area (Å²) in [5, 5.41) is 3.62. The Bertz CT molecular complexity index is 1760. The Labute approximate surface area is 259 Å². The molecule has 2 amide bonds. The number of fused-ring (bicyclic) bond motifs is 1. The molecule has 2 aliphatic rings. The zero-order valence-corrected chi connectivity index (χ0v) is 26.4. The Morgan fingerprint density at radius 2 is 1.62 bits per heavy atom. The molecule has 3 aromatic rings. The van der Waals surface area contributed by atoms with Gasteiger partial charge in [-0.15, -0.1) is 0 Å². The molecule has 1 saturated heterocycles. The van der Waals surface area contributed by atoms with Gasteiger partial charge in [0.05, 0.1) is 11.1 Å². The molecule has 0 radical (unpaired) electrons. The molecule has 1 aromatic heterocycles. The van der Waals surface area contributed by atoms with Gasteiger partial charge in [-0.05, 0) is 82.9 Å². The lowest BCUT2D eigenvalue weighted by Crippen LogP contribution is -2.50. The molecule has 1 N–H and O–H groups in total. The van der Waals surface area contributed by atoms with E-state index in [9.17, 15) is 31.2 Å². The number of hydrogen-bond acceptors (Lipinski definition) is 8. The van der Waals surface area contributed by atoms with Gasteiger partial charge in [0, 0.05) is 54.6 Å². The number of alkyl halides is 3. The molecular weight excluding hydrogens is 613 g/mol. The third-order valence-corrected chi connectivity index (χ3v) is 8.77. The molecule has 45 heavy (non-hydrogen) atoms. The van der Waals surface area contributed by atoms with Crippen molar-refractivity contribution in [2.24, 2.45) is 0 Å². The minimum atomic E-state index is -5.92. The van der Waals surface area contributed by atoms with Crippen LogP contribution < -0.4 is 14.4 Å². The number of amides is 2. The van der Waals surface area contributed by atoms with Gasteiger partial charge in [-0.2, -0.15) is 21.6 Å². The first-order valence-electron chi connectivity index (χ1n) is 14.5. The number of halogens is 3. The lowest BCUT2D eigenvalue weighted by atomic mass is 9.97. The molecule has 10 nitrogen and oxygen atoms in total. The predicted molar refractivity (Wildman–Crippen MR) is 162 cm³/mol. The van der Waals surface area contributed by atoms with E-state index < -0.39 is 32.5 Å². The average molecular weight is 649 g/mol. The van der Waals surface area contributed by atoms with Gasteiger partial charge in [-0.1, -0.05) is 12.1 Å². The quantitative estimate of drug-likeness (QED) is 0.273. The summed E-state index contributed by atoms with van der Waals surface area (Å²) in [4.78, 5) is 34.3. The van der Waals surface area contributed by atoms with Crippen molar-refractivity contribution in [2.45, 2.75) is 64.1 Å². The lowest BCUT2D eigenvalue weighted by molar-refractivity contribution is -0.0500. The van der Waals surface area contributed by atoms with Crippen LogP contribution in [0.2, 0.25) is 0 Å². The number of nitrogens with one attached hydrogen (secondary N) is 1. The largest absolute Gasteiger partial charge is 0.534 e. The fraction of sp³-hybridized carbons (Fsp3) is 0.452. The Kier molecular flexibility index (Phi) is 8.17. The average Bonchev–Trinajstić information content (AvgIpc) is 3.71. The number of aryl methyl sites for hydroxylation is 2. The van der Waals surface area contributed by atoms with Crippen molar-refractivity contribution in [1.29, 1.82) is 0 Å². The number of anilines is 1. The fourth-order valence-corrected chi connectivity index (χ4v) is 5.77. The smallest absolute Gasteiger partial charge is 0.444 e. The number of carbonyl (C=O) groups is 2. The summed E-state index contributed by atoms with van der Waals surface area (Å²) in [6, 6.07) is 11.4. The topological polar surface area (TPSA) is 118 Å². The zero-order valence-electron chi connectivity index (χ0n) is 25.6. The summed E-state index contributed by atoms with van der Waals surface area (Å²) in [6.07, 6.45) is 0.578. The first-order chi connectivity index (χ1) is 20.9. The lowest BCUT2D eigenvalue weighted by Gasteiger charge is -2.37. The second-order valence-electron chi connectivity index (χ2n) is 12.5. The van der Waals surface area contributed by atoms with E-state index in [0.29, 0.717) is 61.2 Å². The summed E-state index contributed by atoms with van der Waals surface area (Å²) < 4.78 is 72.9. The molecule has 0 bridgehead atoms. The summed E-state index contributed by atoms with van der Waals surface area (Å²) in [6.45, 7) is 10.9. The summed E-state index contributed by atoms with van der Waals surface area (Å²) in [5.74, 6) is -0.932. The molecule has 14 heteroatoms. The van der Waals surface area contributed by atoms with Crippen LogP contribution in [-0.2, 0) is 20.4 Å². The van der Waals surface area contributed by atoms with Gasteiger partial charge in [0.1, 0.15) is 11.4 Å². The maximum atomic E-state index is 13.7. The molecule has 2 fully saturated rings. The first kappa shape index (κ1) is 32.3. The van der Waals surface area contributed by atoms with Crippen LogP contribution in [0, 0.1) is 13.8 Å². The van der Waals surface area contributed by atoms with E-state index in [-0.39, 0.29) is 17.5 Å². The van der Waals surface area contributed by atoms with Crippen molar-refractivity contribution in [3.63, 3.8) is 0 Å². The first-order valence-corrected chi connectivity index (χ1v) is 15.9. The van der Waals surface area contributed by atoms with Crippen molar-refractivity contribution in [3.8, 4) is 5.75 Å². The molecule has 1 aliphatic carbocycles. The summed E-state index contributed by atoms with van der Waals surface area (Å²) in [5.41, 5.74) is -4.01. The molecule has 242 valence electrons. The monoisotopic (exact) mass is 648 g/mol. The highest BCUT2D eigenvalue weighted by atomic mass is 32.2. The van der Waals surface area contributed by atoms with Crippen LogP contribution in [0.1, 0.15) is 60.8 Å². The van der Waals surface area contributed by atoms with E-state index >= 15 is 0 Å². The number of ether oxygens (including phenoxy) is 1. The Hall–Kier alpha value is -4.07. The van der Waals surface area contributed by atoms with E-state index in [1.165, 1.54) is 6.07 Å². The van der Waals surface area contributed by atoms with Crippen LogP contribution in [0.3, 0.4) is 0 Å². The highest BCUT2D eigenvalue weighted by Gasteiger charge is 2.50. The van der Waals surface area contributed by atoms with Gasteiger partial charge in [0.15, 0.2) is 0 Å². The van der Waals surface area contributed by atoms with Crippen molar-refractivity contribution in [2.75, 3.05) is 31.1 Å². The fourth-order valence-electron chi connectivity index (χ4n) is 5.33. The number of hydrogen-bond donors (Lipinski definition) is 1. The molecular formula is C31H35F3N4O6S. The standard InChI is InChI=1S/C31H35F3N4O6S/c1-19-6-8-21(37-12-14-38(15-13-37)28(40)43-29(3,4)5)16-24(19)27(39)36-30(10-11-30)25-17-22(44-45(41,42)31(32,33)34)18-26-23(25)9-7-20(2)35-26/h6-9,16-18H,10-15H2,1-5H3,(H,36,39). The number of aromatic nitrogens is 1. The van der Waals surface area contributed by atoms with E-state index in [1.807, 2.05) is 32.9 Å². The normalized spacial score (nSPS) is 16.8. The third kappa shape index (κ3) is 6.95. The van der Waals surface area contributed by atoms with Crippen LogP contribution in [0.4, 0.5) is 23.7 Å². The molecule has 1 aliphatic heterocycles. The van der Waals surface area contributed by atoms with E-state index in [4.69, 9.17) is 4.74 Å². The number of piperazine rings is 1. The van der Waals surface area contributed by atoms with E-state index in [0.717, 1.165) is 17.3 Å². The Balaban J connectivity index is 1.39. The molecule has 0 atom stereocenters. The number of pyridine rings is 1. The second kappa shape index (κ2) is 11.4. The van der Waals surface area contributed by atoms with Crippen molar-refractivity contribution in [3.05, 3.63) is 64.8 Å². The summed E-state index contributed by atoms with van der Waals surface area (Å²) in [7, 11) is -5.92. The van der Waals surface area contributed by atoms with Gasteiger partial charge in [-0.3, -0.25) is 9.78 Å². The summed E-state index contributed by atoms with van der Waals surface area (Å²) >= 11 is 0. The maximum absolute atomic E-state index is 13.7. The van der Waals surface area contributed by atoms with Crippen molar-refractivity contribution >= 4 is 38.7 Å².